The van der Waals surface area contributed by atoms with Gasteiger partial charge < -0.3 is 20.6 Å². The van der Waals surface area contributed by atoms with Crippen molar-refractivity contribution < 1.29 is 14.7 Å². The molecule has 1 aliphatic heterocycles. The van der Waals surface area contributed by atoms with E-state index in [4.69, 9.17) is 5.11 Å². The van der Waals surface area contributed by atoms with Gasteiger partial charge in [0.1, 0.15) is 0 Å². The molecule has 1 amide bonds. The highest BCUT2D eigenvalue weighted by atomic mass is 16.4. The Kier molecular flexibility index (Phi) is 17.6. The van der Waals surface area contributed by atoms with Gasteiger partial charge in [-0.15, -0.1) is 0 Å². The molecule has 0 aromatic rings. The summed E-state index contributed by atoms with van der Waals surface area (Å²) in [5.41, 5.74) is 0. The van der Waals surface area contributed by atoms with Gasteiger partial charge in [-0.25, -0.2) is 0 Å². The minimum absolute atomic E-state index is 0.0639. The molecule has 6 nitrogen and oxygen atoms in total. The lowest BCUT2D eigenvalue weighted by atomic mass is 9.96. The fourth-order valence-corrected chi connectivity index (χ4v) is 4.57. The Morgan fingerprint density at radius 2 is 1.48 bits per heavy atom. The minimum atomic E-state index is -0.664. The molecule has 0 aromatic carbocycles. The SMILES string of the molecule is CC(=O)NCCCCNCCCN1CCCCC1CCCCCCCCCCC(=O)O. The summed E-state index contributed by atoms with van der Waals surface area (Å²) in [6.07, 6.45) is 18.9. The van der Waals surface area contributed by atoms with Crippen LogP contribution in [0.25, 0.3) is 0 Å². The van der Waals surface area contributed by atoms with Crippen LogP contribution in [-0.4, -0.2) is 60.6 Å². The van der Waals surface area contributed by atoms with Crippen molar-refractivity contribution in [1.82, 2.24) is 15.5 Å². The molecular formula is C25H49N3O3. The third-order valence-electron chi connectivity index (χ3n) is 6.38. The molecule has 1 fully saturated rings. The standard InChI is InChI=1S/C25H49N3O3/c1-23(29)27-20-12-11-18-26-19-14-22-28-21-13-10-16-24(28)15-8-6-4-2-3-5-7-9-17-25(30)31/h24,26H,2-22H2,1H3,(H,27,29)(H,30,31). The average Bonchev–Trinajstić information content (AvgIpc) is 2.74. The fourth-order valence-electron chi connectivity index (χ4n) is 4.57. The summed E-state index contributed by atoms with van der Waals surface area (Å²) in [4.78, 5) is 24.1. The molecule has 0 spiro atoms. The van der Waals surface area contributed by atoms with Crippen LogP contribution in [0.15, 0.2) is 0 Å². The number of hydrogen-bond acceptors (Lipinski definition) is 4. The number of likely N-dealkylation sites (tertiary alicyclic amines) is 1. The quantitative estimate of drug-likeness (QED) is 0.239. The van der Waals surface area contributed by atoms with E-state index in [1.165, 1.54) is 83.7 Å². The second-order valence-electron chi connectivity index (χ2n) is 9.24. The zero-order valence-electron chi connectivity index (χ0n) is 20.1. The van der Waals surface area contributed by atoms with E-state index < -0.39 is 5.97 Å². The van der Waals surface area contributed by atoms with Crippen LogP contribution in [0, 0.1) is 0 Å². The van der Waals surface area contributed by atoms with Gasteiger partial charge in [0.15, 0.2) is 0 Å². The van der Waals surface area contributed by atoms with Gasteiger partial charge in [0.05, 0.1) is 0 Å². The summed E-state index contributed by atoms with van der Waals surface area (Å²) in [5, 5.41) is 15.0. The Labute approximate surface area is 190 Å². The second-order valence-corrected chi connectivity index (χ2v) is 9.24. The molecule has 1 heterocycles. The second kappa shape index (κ2) is 19.5. The molecule has 31 heavy (non-hydrogen) atoms. The van der Waals surface area contributed by atoms with Crippen LogP contribution in [0.5, 0.6) is 0 Å². The lowest BCUT2D eigenvalue weighted by Crippen LogP contribution is -2.40. The van der Waals surface area contributed by atoms with E-state index in [1.807, 2.05) is 0 Å². The first-order valence-electron chi connectivity index (χ1n) is 13.0. The van der Waals surface area contributed by atoms with E-state index in [9.17, 15) is 9.59 Å². The Bertz CT molecular complexity index is 459. The van der Waals surface area contributed by atoms with Crippen molar-refractivity contribution in [2.75, 3.05) is 32.7 Å². The lowest BCUT2D eigenvalue weighted by Gasteiger charge is -2.36. The number of carboxylic acid groups (broad SMARTS) is 1. The number of piperidine rings is 1. The smallest absolute Gasteiger partial charge is 0.303 e. The summed E-state index contributed by atoms with van der Waals surface area (Å²) in [5.74, 6) is -0.600. The van der Waals surface area contributed by atoms with Crippen molar-refractivity contribution in [2.45, 2.75) is 116 Å². The molecule has 0 saturated carbocycles. The molecule has 0 radical (unpaired) electrons. The summed E-state index contributed by atoms with van der Waals surface area (Å²) < 4.78 is 0. The molecule has 0 aromatic heterocycles. The van der Waals surface area contributed by atoms with Crippen LogP contribution in [0.4, 0.5) is 0 Å². The van der Waals surface area contributed by atoms with Gasteiger partial charge in [-0.1, -0.05) is 51.4 Å². The maximum atomic E-state index is 10.8. The van der Waals surface area contributed by atoms with Crippen molar-refractivity contribution in [3.63, 3.8) is 0 Å². The van der Waals surface area contributed by atoms with Crippen molar-refractivity contribution >= 4 is 11.9 Å². The van der Waals surface area contributed by atoms with E-state index in [0.717, 1.165) is 51.4 Å². The number of aliphatic carboxylic acids is 1. The number of carbonyl (C=O) groups excluding carboxylic acids is 1. The molecular weight excluding hydrogens is 390 g/mol. The highest BCUT2D eigenvalue weighted by Gasteiger charge is 2.21. The zero-order valence-corrected chi connectivity index (χ0v) is 20.1. The first-order valence-corrected chi connectivity index (χ1v) is 13.0. The molecule has 3 N–H and O–H groups in total. The minimum Gasteiger partial charge on any atom is -0.481 e. The third kappa shape index (κ3) is 17.1. The number of hydrogen-bond donors (Lipinski definition) is 3. The number of unbranched alkanes of at least 4 members (excludes halogenated alkanes) is 8. The van der Waals surface area contributed by atoms with E-state index in [1.54, 1.807) is 6.92 Å². The highest BCUT2D eigenvalue weighted by Crippen LogP contribution is 2.22. The molecule has 0 aliphatic carbocycles. The van der Waals surface area contributed by atoms with Crippen molar-refractivity contribution in [1.29, 1.82) is 0 Å². The monoisotopic (exact) mass is 439 g/mol. The fraction of sp³-hybridized carbons (Fsp3) is 0.920. The summed E-state index contributed by atoms with van der Waals surface area (Å²) >= 11 is 0. The lowest BCUT2D eigenvalue weighted by molar-refractivity contribution is -0.137. The van der Waals surface area contributed by atoms with Crippen LogP contribution >= 0.6 is 0 Å². The molecule has 1 aliphatic rings. The topological polar surface area (TPSA) is 81.7 Å². The van der Waals surface area contributed by atoms with Gasteiger partial charge in [-0.2, -0.15) is 0 Å². The highest BCUT2D eigenvalue weighted by molar-refractivity contribution is 5.72. The van der Waals surface area contributed by atoms with E-state index >= 15 is 0 Å². The summed E-state index contributed by atoms with van der Waals surface area (Å²) in [6.45, 7) is 7.00. The average molecular weight is 440 g/mol. The first-order chi connectivity index (χ1) is 15.1. The zero-order chi connectivity index (χ0) is 22.6. The molecule has 6 heteroatoms. The van der Waals surface area contributed by atoms with Crippen LogP contribution in [-0.2, 0) is 9.59 Å². The predicted molar refractivity (Wildman–Crippen MR) is 128 cm³/mol. The van der Waals surface area contributed by atoms with Gasteiger partial charge in [0, 0.05) is 25.9 Å². The Morgan fingerprint density at radius 3 is 2.19 bits per heavy atom. The van der Waals surface area contributed by atoms with Crippen LogP contribution in [0.3, 0.4) is 0 Å². The van der Waals surface area contributed by atoms with Crippen LogP contribution in [0.2, 0.25) is 0 Å². The third-order valence-corrected chi connectivity index (χ3v) is 6.38. The maximum Gasteiger partial charge on any atom is 0.303 e. The molecule has 1 saturated heterocycles. The molecule has 0 bridgehead atoms. The van der Waals surface area contributed by atoms with Gasteiger partial charge in [-0.05, 0) is 71.1 Å². The summed E-state index contributed by atoms with van der Waals surface area (Å²) in [7, 11) is 0. The molecule has 1 unspecified atom stereocenters. The number of carboxylic acids is 1. The molecule has 182 valence electrons. The first kappa shape index (κ1) is 27.9. The van der Waals surface area contributed by atoms with Gasteiger partial charge in [0.2, 0.25) is 5.91 Å². The maximum absolute atomic E-state index is 10.8. The number of carbonyl (C=O) groups is 2. The van der Waals surface area contributed by atoms with E-state index in [-0.39, 0.29) is 5.91 Å². The van der Waals surface area contributed by atoms with E-state index in [2.05, 4.69) is 15.5 Å². The summed E-state index contributed by atoms with van der Waals surface area (Å²) in [6, 6.07) is 0.794. The van der Waals surface area contributed by atoms with Crippen molar-refractivity contribution in [2.24, 2.45) is 0 Å². The predicted octanol–water partition coefficient (Wildman–Crippen LogP) is 4.72. The largest absolute Gasteiger partial charge is 0.481 e. The van der Waals surface area contributed by atoms with Crippen LogP contribution < -0.4 is 10.6 Å². The number of nitrogens with zero attached hydrogens (tertiary/aromatic N) is 1. The van der Waals surface area contributed by atoms with Gasteiger partial charge in [-0.3, -0.25) is 9.59 Å². The number of rotatable bonds is 20. The Morgan fingerprint density at radius 1 is 0.839 bits per heavy atom. The molecule has 1 atom stereocenters. The molecule has 1 rings (SSSR count). The van der Waals surface area contributed by atoms with Gasteiger partial charge in [0.25, 0.3) is 0 Å². The Hall–Kier alpha value is -1.14. The Balaban J connectivity index is 1.96. The normalized spacial score (nSPS) is 17.0. The van der Waals surface area contributed by atoms with Crippen LogP contribution in [0.1, 0.15) is 110 Å². The van der Waals surface area contributed by atoms with Crippen molar-refractivity contribution in [3.05, 3.63) is 0 Å². The number of nitrogens with one attached hydrogen (secondary N) is 2. The number of amides is 1. The van der Waals surface area contributed by atoms with Gasteiger partial charge >= 0.3 is 5.97 Å². The van der Waals surface area contributed by atoms with Crippen molar-refractivity contribution in [3.8, 4) is 0 Å². The van der Waals surface area contributed by atoms with E-state index in [0.29, 0.717) is 6.42 Å².